The van der Waals surface area contributed by atoms with Crippen molar-refractivity contribution in [2.24, 2.45) is 0 Å². The number of nitrogens with one attached hydrogen (secondary N) is 1. The van der Waals surface area contributed by atoms with Gasteiger partial charge in [0.15, 0.2) is 10.6 Å². The lowest BCUT2D eigenvalue weighted by Gasteiger charge is -2.23. The molecular formula is C14H19N3S. The van der Waals surface area contributed by atoms with Crippen LogP contribution in [0.15, 0.2) is 18.2 Å². The molecule has 4 heteroatoms. The third kappa shape index (κ3) is 2.25. The summed E-state index contributed by atoms with van der Waals surface area (Å²) < 4.78 is 2.74. The first-order chi connectivity index (χ1) is 8.30. The van der Waals surface area contributed by atoms with E-state index in [2.05, 4.69) is 67.6 Å². The Labute approximate surface area is 113 Å². The number of rotatable bonds is 1. The molecule has 1 heterocycles. The highest BCUT2D eigenvalue weighted by molar-refractivity contribution is 7.71. The summed E-state index contributed by atoms with van der Waals surface area (Å²) in [6.07, 6.45) is 0. The monoisotopic (exact) mass is 261 g/mol. The van der Waals surface area contributed by atoms with Gasteiger partial charge >= 0.3 is 0 Å². The molecule has 1 N–H and O–H groups in total. The van der Waals surface area contributed by atoms with Gasteiger partial charge in [0.05, 0.1) is 0 Å². The highest BCUT2D eigenvalue weighted by Gasteiger charge is 2.21. The van der Waals surface area contributed by atoms with Crippen molar-refractivity contribution in [1.82, 2.24) is 14.8 Å². The molecule has 96 valence electrons. The second-order valence-electron chi connectivity index (χ2n) is 5.68. The number of hydrogen-bond acceptors (Lipinski definition) is 2. The molecule has 2 rings (SSSR count). The van der Waals surface area contributed by atoms with Gasteiger partial charge in [0.2, 0.25) is 0 Å². The minimum Gasteiger partial charge on any atom is -0.295 e. The fourth-order valence-electron chi connectivity index (χ4n) is 2.08. The third-order valence-electron chi connectivity index (χ3n) is 2.98. The predicted octanol–water partition coefficient (Wildman–Crippen LogP) is 3.98. The van der Waals surface area contributed by atoms with Gasteiger partial charge < -0.3 is 0 Å². The maximum atomic E-state index is 5.34. The van der Waals surface area contributed by atoms with Gasteiger partial charge in [-0.25, -0.2) is 0 Å². The van der Waals surface area contributed by atoms with Crippen LogP contribution in [0.3, 0.4) is 0 Å². The van der Waals surface area contributed by atoms with Crippen LogP contribution < -0.4 is 0 Å². The van der Waals surface area contributed by atoms with Crippen LogP contribution in [0, 0.1) is 18.6 Å². The Kier molecular flexibility index (Phi) is 3.15. The lowest BCUT2D eigenvalue weighted by atomic mass is 10.0. The first-order valence-corrected chi connectivity index (χ1v) is 6.47. The van der Waals surface area contributed by atoms with Crippen LogP contribution in [0.25, 0.3) is 11.4 Å². The zero-order valence-corrected chi connectivity index (χ0v) is 12.4. The molecule has 0 amide bonds. The molecule has 1 aromatic carbocycles. The minimum atomic E-state index is -0.0877. The number of aryl methyl sites for hydroxylation is 2. The van der Waals surface area contributed by atoms with Gasteiger partial charge in [-0.05, 0) is 58.5 Å². The summed E-state index contributed by atoms with van der Waals surface area (Å²) in [5, 5.41) is 7.30. The van der Waals surface area contributed by atoms with Crippen molar-refractivity contribution in [3.05, 3.63) is 34.1 Å². The minimum absolute atomic E-state index is 0.0877. The van der Waals surface area contributed by atoms with Crippen molar-refractivity contribution in [3.8, 4) is 11.4 Å². The molecule has 2 aromatic rings. The highest BCUT2D eigenvalue weighted by Crippen LogP contribution is 2.27. The van der Waals surface area contributed by atoms with Crippen LogP contribution >= 0.6 is 12.2 Å². The molecule has 0 aliphatic heterocycles. The smallest absolute Gasteiger partial charge is 0.195 e. The van der Waals surface area contributed by atoms with E-state index in [0.29, 0.717) is 4.77 Å². The van der Waals surface area contributed by atoms with E-state index in [9.17, 15) is 0 Å². The summed E-state index contributed by atoms with van der Waals surface area (Å²) in [5.41, 5.74) is 3.48. The standard InChI is InChI=1S/C14H19N3S/c1-9-6-7-10(2)11(8-9)12-15-16-13(18)17(12)14(3,4)5/h6-8H,1-5H3,(H,16,18). The number of benzene rings is 1. The zero-order chi connectivity index (χ0) is 13.5. The Balaban J connectivity index is 2.73. The summed E-state index contributed by atoms with van der Waals surface area (Å²) in [5.74, 6) is 0.911. The van der Waals surface area contributed by atoms with Gasteiger partial charge in [-0.15, -0.1) is 0 Å². The molecule has 0 aliphatic rings. The van der Waals surface area contributed by atoms with Gasteiger partial charge in [-0.3, -0.25) is 9.67 Å². The Hall–Kier alpha value is -1.42. The quantitative estimate of drug-likeness (QED) is 0.788. The molecule has 3 nitrogen and oxygen atoms in total. The van der Waals surface area contributed by atoms with Crippen LogP contribution in [0.5, 0.6) is 0 Å². The number of aromatic nitrogens is 3. The fraction of sp³-hybridized carbons (Fsp3) is 0.429. The Morgan fingerprint density at radius 1 is 1.22 bits per heavy atom. The first-order valence-electron chi connectivity index (χ1n) is 6.06. The van der Waals surface area contributed by atoms with E-state index in [1.54, 1.807) is 0 Å². The van der Waals surface area contributed by atoms with Crippen LogP contribution in [0.4, 0.5) is 0 Å². The normalized spacial score (nSPS) is 11.8. The molecule has 0 bridgehead atoms. The van der Waals surface area contributed by atoms with E-state index < -0.39 is 0 Å². The van der Waals surface area contributed by atoms with Crippen molar-refractivity contribution in [2.45, 2.75) is 40.2 Å². The second-order valence-corrected chi connectivity index (χ2v) is 6.06. The maximum absolute atomic E-state index is 5.34. The van der Waals surface area contributed by atoms with Crippen LogP contribution in [-0.2, 0) is 5.54 Å². The average Bonchev–Trinajstić information content (AvgIpc) is 2.63. The molecule has 0 saturated carbocycles. The predicted molar refractivity (Wildman–Crippen MR) is 77.3 cm³/mol. The van der Waals surface area contributed by atoms with Crippen LogP contribution in [0.2, 0.25) is 0 Å². The van der Waals surface area contributed by atoms with Gasteiger partial charge in [0.1, 0.15) is 0 Å². The zero-order valence-electron chi connectivity index (χ0n) is 11.5. The van der Waals surface area contributed by atoms with Crippen molar-refractivity contribution in [3.63, 3.8) is 0 Å². The molecule has 18 heavy (non-hydrogen) atoms. The topological polar surface area (TPSA) is 33.6 Å². The second kappa shape index (κ2) is 4.35. The summed E-state index contributed by atoms with van der Waals surface area (Å²) >= 11 is 5.34. The largest absolute Gasteiger partial charge is 0.295 e. The van der Waals surface area contributed by atoms with Gasteiger partial charge in [0, 0.05) is 11.1 Å². The van der Waals surface area contributed by atoms with E-state index in [4.69, 9.17) is 12.2 Å². The molecular weight excluding hydrogens is 242 g/mol. The average molecular weight is 261 g/mol. The molecule has 0 atom stereocenters. The van der Waals surface area contributed by atoms with Gasteiger partial charge in [0.25, 0.3) is 0 Å². The number of H-pyrrole nitrogens is 1. The number of aromatic amines is 1. The van der Waals surface area contributed by atoms with Crippen molar-refractivity contribution < 1.29 is 0 Å². The van der Waals surface area contributed by atoms with Gasteiger partial charge in [-0.2, -0.15) is 5.10 Å². The van der Waals surface area contributed by atoms with E-state index in [1.807, 2.05) is 0 Å². The van der Waals surface area contributed by atoms with E-state index in [1.165, 1.54) is 11.1 Å². The molecule has 0 unspecified atom stereocenters. The van der Waals surface area contributed by atoms with Crippen LogP contribution in [-0.4, -0.2) is 14.8 Å². The number of nitrogens with zero attached hydrogens (tertiary/aromatic N) is 2. The molecule has 0 saturated heterocycles. The van der Waals surface area contributed by atoms with Crippen molar-refractivity contribution in [1.29, 1.82) is 0 Å². The molecule has 0 fully saturated rings. The summed E-state index contributed by atoms with van der Waals surface area (Å²) in [6.45, 7) is 10.6. The first kappa shape index (κ1) is 13.0. The SMILES string of the molecule is Cc1ccc(C)c(-c2n[nH]c(=S)n2C(C)(C)C)c1. The summed E-state index contributed by atoms with van der Waals surface area (Å²) in [6, 6.07) is 6.39. The highest BCUT2D eigenvalue weighted by atomic mass is 32.1. The van der Waals surface area contributed by atoms with Crippen LogP contribution in [0.1, 0.15) is 31.9 Å². The van der Waals surface area contributed by atoms with E-state index in [0.717, 1.165) is 11.4 Å². The summed E-state index contributed by atoms with van der Waals surface area (Å²) in [7, 11) is 0. The van der Waals surface area contributed by atoms with E-state index >= 15 is 0 Å². The summed E-state index contributed by atoms with van der Waals surface area (Å²) in [4.78, 5) is 0. The Bertz CT molecular complexity index is 629. The maximum Gasteiger partial charge on any atom is 0.195 e. The lowest BCUT2D eigenvalue weighted by molar-refractivity contribution is 0.395. The van der Waals surface area contributed by atoms with Crippen molar-refractivity contribution >= 4 is 12.2 Å². The van der Waals surface area contributed by atoms with E-state index in [-0.39, 0.29) is 5.54 Å². The molecule has 0 spiro atoms. The number of hydrogen-bond donors (Lipinski definition) is 1. The lowest BCUT2D eigenvalue weighted by Crippen LogP contribution is -2.23. The molecule has 0 radical (unpaired) electrons. The third-order valence-corrected chi connectivity index (χ3v) is 3.25. The molecule has 0 aliphatic carbocycles. The molecule has 1 aromatic heterocycles. The fourth-order valence-corrected chi connectivity index (χ4v) is 2.48. The van der Waals surface area contributed by atoms with Crippen molar-refractivity contribution in [2.75, 3.05) is 0 Å². The Morgan fingerprint density at radius 3 is 2.50 bits per heavy atom. The Morgan fingerprint density at radius 2 is 1.89 bits per heavy atom. The van der Waals surface area contributed by atoms with Gasteiger partial charge in [-0.1, -0.05) is 17.7 Å².